The Balaban J connectivity index is 1.44. The third-order valence-electron chi connectivity index (χ3n) is 5.78. The average molecular weight is 483 g/mol. The number of benzene rings is 1. The maximum atomic E-state index is 12.9. The largest absolute Gasteiger partial charge is 0.466 e. The van der Waals surface area contributed by atoms with E-state index in [2.05, 4.69) is 22.8 Å². The molecule has 3 aromatic rings. The van der Waals surface area contributed by atoms with Crippen LogP contribution in [0.1, 0.15) is 42.5 Å². The second-order valence-corrected chi connectivity index (χ2v) is 11.0. The fourth-order valence-electron chi connectivity index (χ4n) is 4.33. The van der Waals surface area contributed by atoms with E-state index in [9.17, 15) is 9.59 Å². The monoisotopic (exact) mass is 482 g/mol. The molecule has 2 aliphatic rings. The summed E-state index contributed by atoms with van der Waals surface area (Å²) >= 11 is 5.02. The van der Waals surface area contributed by atoms with Crippen LogP contribution in [0.2, 0.25) is 0 Å². The van der Waals surface area contributed by atoms with Gasteiger partial charge in [0, 0.05) is 34.0 Å². The number of dihydropyridines is 1. The number of allylic oxidation sites excluding steroid dienone is 3. The first kappa shape index (κ1) is 21.4. The molecule has 0 amide bonds. The maximum Gasteiger partial charge on any atom is 0.336 e. The van der Waals surface area contributed by atoms with Crippen molar-refractivity contribution in [3.8, 4) is 0 Å². The molecule has 0 spiro atoms. The number of nitrogens with zero attached hydrogens (tertiary/aromatic N) is 1. The molecule has 1 atom stereocenters. The van der Waals surface area contributed by atoms with E-state index in [1.54, 1.807) is 34.4 Å². The van der Waals surface area contributed by atoms with Gasteiger partial charge in [0.25, 0.3) is 0 Å². The van der Waals surface area contributed by atoms with Crippen LogP contribution in [0, 0.1) is 0 Å². The van der Waals surface area contributed by atoms with E-state index in [1.165, 1.54) is 17.4 Å². The number of fused-ring (bicyclic) bond motifs is 1. The number of esters is 1. The molecule has 0 bridgehead atoms. The van der Waals surface area contributed by atoms with Crippen molar-refractivity contribution in [2.45, 2.75) is 42.2 Å². The second-order valence-electron chi connectivity index (χ2n) is 7.85. The van der Waals surface area contributed by atoms with E-state index >= 15 is 0 Å². The van der Waals surface area contributed by atoms with Crippen LogP contribution in [-0.4, -0.2) is 23.8 Å². The number of thioether (sulfide) groups is 1. The lowest BCUT2D eigenvalue weighted by molar-refractivity contribution is -0.136. The van der Waals surface area contributed by atoms with Crippen LogP contribution < -0.4 is 5.32 Å². The van der Waals surface area contributed by atoms with Crippen molar-refractivity contribution in [2.75, 3.05) is 7.11 Å². The summed E-state index contributed by atoms with van der Waals surface area (Å²) in [4.78, 5) is 31.3. The van der Waals surface area contributed by atoms with Gasteiger partial charge in [-0.25, -0.2) is 9.78 Å². The Bertz CT molecular complexity index is 1250. The number of rotatable bonds is 5. The number of ether oxygens (including phenoxy) is 1. The zero-order valence-electron chi connectivity index (χ0n) is 17.8. The molecule has 32 heavy (non-hydrogen) atoms. The zero-order valence-corrected chi connectivity index (χ0v) is 20.2. The summed E-state index contributed by atoms with van der Waals surface area (Å²) in [5.74, 6) is 0.162. The van der Waals surface area contributed by atoms with E-state index in [0.29, 0.717) is 12.0 Å². The number of hydrogen-bond donors (Lipinski definition) is 1. The number of carbonyl (C=O) groups excluding carboxylic acids is 2. The van der Waals surface area contributed by atoms with E-state index in [4.69, 9.17) is 9.72 Å². The molecule has 1 N–H and O–H groups in total. The summed E-state index contributed by atoms with van der Waals surface area (Å²) in [6.45, 7) is 1.89. The van der Waals surface area contributed by atoms with Crippen molar-refractivity contribution in [1.29, 1.82) is 0 Å². The molecule has 1 aliphatic carbocycles. The van der Waals surface area contributed by atoms with Gasteiger partial charge in [-0.1, -0.05) is 23.9 Å². The molecule has 5 rings (SSSR count). The first-order valence-electron chi connectivity index (χ1n) is 10.4. The minimum absolute atomic E-state index is 0.122. The predicted molar refractivity (Wildman–Crippen MR) is 130 cm³/mol. The van der Waals surface area contributed by atoms with Gasteiger partial charge in [-0.2, -0.15) is 0 Å². The molecule has 0 saturated heterocycles. The Morgan fingerprint density at radius 2 is 2.16 bits per heavy atom. The van der Waals surface area contributed by atoms with Crippen molar-refractivity contribution in [1.82, 2.24) is 10.3 Å². The number of methoxy groups -OCH3 is 1. The molecular formula is C24H22N2O3S3. The van der Waals surface area contributed by atoms with Crippen LogP contribution >= 0.6 is 34.4 Å². The normalized spacial score (nSPS) is 18.7. The number of thiazole rings is 1. The highest BCUT2D eigenvalue weighted by molar-refractivity contribution is 8.00. The second kappa shape index (κ2) is 8.84. The van der Waals surface area contributed by atoms with Crippen LogP contribution in [-0.2, 0) is 20.1 Å². The van der Waals surface area contributed by atoms with Gasteiger partial charge in [0.1, 0.15) is 0 Å². The molecule has 5 nitrogen and oxygen atoms in total. The molecule has 8 heteroatoms. The molecule has 164 valence electrons. The number of aromatic nitrogens is 1. The molecule has 0 unspecified atom stereocenters. The Hall–Kier alpha value is -2.42. The lowest BCUT2D eigenvalue weighted by atomic mass is 9.78. The number of hydrogen-bond acceptors (Lipinski definition) is 8. The van der Waals surface area contributed by atoms with Crippen molar-refractivity contribution >= 4 is 56.4 Å². The molecular weight excluding hydrogens is 460 g/mol. The first-order valence-corrected chi connectivity index (χ1v) is 13.1. The fourth-order valence-corrected chi connectivity index (χ4v) is 7.46. The van der Waals surface area contributed by atoms with Crippen molar-refractivity contribution in [3.63, 3.8) is 0 Å². The first-order chi connectivity index (χ1) is 15.5. The van der Waals surface area contributed by atoms with Crippen LogP contribution in [0.25, 0.3) is 10.2 Å². The number of Topliss-reactive ketones (excluding diaryl/α,β-unsaturated/α-hetero) is 1. The minimum atomic E-state index is -0.385. The Morgan fingerprint density at radius 3 is 2.97 bits per heavy atom. The quantitative estimate of drug-likeness (QED) is 0.367. The lowest BCUT2D eigenvalue weighted by Crippen LogP contribution is -2.33. The summed E-state index contributed by atoms with van der Waals surface area (Å²) < 4.78 is 7.32. The van der Waals surface area contributed by atoms with Gasteiger partial charge >= 0.3 is 5.97 Å². The number of nitrogens with one attached hydrogen (secondary N) is 1. The topological polar surface area (TPSA) is 68.3 Å². The van der Waals surface area contributed by atoms with Gasteiger partial charge in [0.15, 0.2) is 10.1 Å². The highest BCUT2D eigenvalue weighted by Crippen LogP contribution is 2.45. The van der Waals surface area contributed by atoms with Crippen LogP contribution in [0.3, 0.4) is 0 Å². The zero-order chi connectivity index (χ0) is 22.2. The number of carbonyl (C=O) groups is 2. The van der Waals surface area contributed by atoms with Gasteiger partial charge in [-0.3, -0.25) is 4.79 Å². The van der Waals surface area contributed by atoms with Gasteiger partial charge < -0.3 is 10.1 Å². The van der Waals surface area contributed by atoms with Gasteiger partial charge in [-0.05, 0) is 48.9 Å². The van der Waals surface area contributed by atoms with Gasteiger partial charge in [0.2, 0.25) is 0 Å². The molecule has 1 aliphatic heterocycles. The van der Waals surface area contributed by atoms with Crippen molar-refractivity contribution < 1.29 is 14.3 Å². The SMILES string of the molecule is COC(=O)C1=C(C)NC2=C(C(=O)CCC2)[C@H]1c1cc(CSc2nc3ccccc3s2)cs1. The molecule has 3 heterocycles. The Kier molecular flexibility index (Phi) is 5.92. The molecule has 0 fully saturated rings. The van der Waals surface area contributed by atoms with Gasteiger partial charge in [-0.15, -0.1) is 22.7 Å². The summed E-state index contributed by atoms with van der Waals surface area (Å²) in [6, 6.07) is 10.3. The standard InChI is InChI=1S/C24H22N2O3S3/c1-13-20(23(28)29-2)22(21-16(25-13)7-5-8-17(21)27)19-10-14(11-30-19)12-31-24-26-15-6-3-4-9-18(15)32-24/h3-4,6,9-11,22,25H,5,7-8,12H2,1-2H3/t22-/m0/s1. The lowest BCUT2D eigenvalue weighted by Gasteiger charge is -2.33. The highest BCUT2D eigenvalue weighted by Gasteiger charge is 2.39. The molecule has 0 saturated carbocycles. The molecule has 2 aromatic heterocycles. The van der Waals surface area contributed by atoms with E-state index in [0.717, 1.165) is 50.3 Å². The smallest absolute Gasteiger partial charge is 0.336 e. The Morgan fingerprint density at radius 1 is 1.31 bits per heavy atom. The summed E-state index contributed by atoms with van der Waals surface area (Å²) in [5, 5.41) is 5.43. The van der Waals surface area contributed by atoms with Crippen molar-refractivity contribution in [3.05, 3.63) is 68.7 Å². The third kappa shape index (κ3) is 3.91. The summed E-state index contributed by atoms with van der Waals surface area (Å²) in [5.41, 5.74) is 5.19. The van der Waals surface area contributed by atoms with Crippen LogP contribution in [0.4, 0.5) is 0 Å². The fraction of sp³-hybridized carbons (Fsp3) is 0.292. The summed E-state index contributed by atoms with van der Waals surface area (Å²) in [6.07, 6.45) is 2.19. The van der Waals surface area contributed by atoms with E-state index in [-0.39, 0.29) is 17.7 Å². The minimum Gasteiger partial charge on any atom is -0.466 e. The molecule has 0 radical (unpaired) electrons. The number of thiophene rings is 1. The van der Waals surface area contributed by atoms with E-state index in [1.807, 2.05) is 25.1 Å². The van der Waals surface area contributed by atoms with E-state index < -0.39 is 0 Å². The highest BCUT2D eigenvalue weighted by atomic mass is 32.2. The van der Waals surface area contributed by atoms with Crippen molar-refractivity contribution in [2.24, 2.45) is 0 Å². The maximum absolute atomic E-state index is 12.9. The van der Waals surface area contributed by atoms with Crippen LogP contribution in [0.5, 0.6) is 0 Å². The Labute approximate surface area is 198 Å². The third-order valence-corrected chi connectivity index (χ3v) is 9.07. The average Bonchev–Trinajstić information content (AvgIpc) is 3.43. The number of para-hydroxylation sites is 1. The number of ketones is 1. The summed E-state index contributed by atoms with van der Waals surface area (Å²) in [7, 11) is 1.39. The van der Waals surface area contributed by atoms with Gasteiger partial charge in [0.05, 0.1) is 28.8 Å². The van der Waals surface area contributed by atoms with Crippen LogP contribution in [0.15, 0.2) is 62.6 Å². The molecule has 1 aromatic carbocycles. The predicted octanol–water partition coefficient (Wildman–Crippen LogP) is 5.79.